The molecule has 0 bridgehead atoms. The summed E-state index contributed by atoms with van der Waals surface area (Å²) < 4.78 is 11.0. The Hall–Kier alpha value is -3.00. The van der Waals surface area contributed by atoms with Crippen LogP contribution in [0.4, 0.5) is 0 Å². The number of piperidine rings is 1. The Morgan fingerprint density at radius 2 is 2.00 bits per heavy atom. The quantitative estimate of drug-likeness (QED) is 0.375. The minimum absolute atomic E-state index is 0.358. The topological polar surface area (TPSA) is 95.4 Å². The minimum atomic E-state index is -0.858. The number of carboxylic acid groups (broad SMARTS) is 1. The number of hydrogen-bond acceptors (Lipinski definition) is 8. The highest BCUT2D eigenvalue weighted by atomic mass is 32.1. The number of aliphatic hydroxyl groups excluding tert-OH is 1. The fourth-order valence-corrected chi connectivity index (χ4v) is 6.33. The highest BCUT2D eigenvalue weighted by Crippen LogP contribution is 2.40. The first-order chi connectivity index (χ1) is 19.5. The number of methoxy groups -OCH3 is 1. The number of carboxylic acids is 1. The molecule has 2 aliphatic heterocycles. The van der Waals surface area contributed by atoms with Crippen molar-refractivity contribution in [3.8, 4) is 17.6 Å². The van der Waals surface area contributed by atoms with Crippen LogP contribution in [-0.2, 0) is 16.1 Å². The van der Waals surface area contributed by atoms with Crippen LogP contribution in [0.1, 0.15) is 47.8 Å². The summed E-state index contributed by atoms with van der Waals surface area (Å²) in [6.07, 6.45) is 2.88. The van der Waals surface area contributed by atoms with Gasteiger partial charge in [-0.2, -0.15) is 0 Å². The maximum Gasteiger partial charge on any atom is 0.309 e. The van der Waals surface area contributed by atoms with Gasteiger partial charge in [-0.25, -0.2) is 0 Å². The third-order valence-electron chi connectivity index (χ3n) is 8.23. The maximum atomic E-state index is 12.6. The van der Waals surface area contributed by atoms with Gasteiger partial charge in [0.1, 0.15) is 5.75 Å². The predicted octanol–water partition coefficient (Wildman–Crippen LogP) is 4.17. The molecule has 2 saturated heterocycles. The lowest BCUT2D eigenvalue weighted by atomic mass is 9.73. The van der Waals surface area contributed by atoms with Crippen LogP contribution >= 0.6 is 11.3 Å². The summed E-state index contributed by atoms with van der Waals surface area (Å²) >= 11 is 1.62. The van der Waals surface area contributed by atoms with Gasteiger partial charge in [-0.3, -0.25) is 19.6 Å². The summed E-state index contributed by atoms with van der Waals surface area (Å²) in [5.41, 5.74) is 1.70. The van der Waals surface area contributed by atoms with E-state index < -0.39 is 17.5 Å². The predicted molar refractivity (Wildman–Crippen MR) is 156 cm³/mol. The number of aliphatic carboxylic acids is 1. The van der Waals surface area contributed by atoms with Crippen LogP contribution in [0.3, 0.4) is 0 Å². The molecule has 2 aromatic heterocycles. The first-order valence-electron chi connectivity index (χ1n) is 13.9. The fourth-order valence-electron chi connectivity index (χ4n) is 5.74. The van der Waals surface area contributed by atoms with E-state index in [1.165, 1.54) is 0 Å². The molecule has 2 fully saturated rings. The molecule has 5 rings (SSSR count). The van der Waals surface area contributed by atoms with Crippen LogP contribution in [0.2, 0.25) is 0 Å². The summed E-state index contributed by atoms with van der Waals surface area (Å²) in [5, 5.41) is 24.8. The standard InChI is InChI=1S/C31H37N3O5S/c1-38-24-6-7-27-26(20-24)29(23(21-32-27)22-34-15-17-39-18-16-34)28(35)8-9-31(30(36)37)10-13-33(14-11-31)12-2-4-25-5-3-19-40-25/h3,5-7,19-21,28,35H,8-18,22H2,1H3,(H,36,37). The molecule has 40 heavy (non-hydrogen) atoms. The van der Waals surface area contributed by atoms with E-state index in [-0.39, 0.29) is 0 Å². The van der Waals surface area contributed by atoms with Crippen molar-refractivity contribution in [1.29, 1.82) is 0 Å². The van der Waals surface area contributed by atoms with Gasteiger partial charge in [-0.15, -0.1) is 11.3 Å². The molecule has 3 aromatic rings. The van der Waals surface area contributed by atoms with Crippen LogP contribution in [0.15, 0.2) is 41.9 Å². The first-order valence-corrected chi connectivity index (χ1v) is 14.8. The molecule has 1 aromatic carbocycles. The van der Waals surface area contributed by atoms with Crippen LogP contribution in [0.25, 0.3) is 10.9 Å². The van der Waals surface area contributed by atoms with Crippen molar-refractivity contribution >= 4 is 28.2 Å². The number of carbonyl (C=O) groups is 1. The average molecular weight is 564 g/mol. The fraction of sp³-hybridized carbons (Fsp3) is 0.484. The number of fused-ring (bicyclic) bond motifs is 1. The number of morpholine rings is 1. The summed E-state index contributed by atoms with van der Waals surface area (Å²) in [7, 11) is 1.62. The molecule has 212 valence electrons. The summed E-state index contributed by atoms with van der Waals surface area (Å²) in [6.45, 7) is 5.66. The van der Waals surface area contributed by atoms with Gasteiger partial charge in [0, 0.05) is 44.3 Å². The van der Waals surface area contributed by atoms with Crippen LogP contribution in [0.5, 0.6) is 5.75 Å². The Labute approximate surface area is 239 Å². The number of thiophene rings is 1. The Bertz CT molecular complexity index is 1350. The molecule has 8 nitrogen and oxygen atoms in total. The van der Waals surface area contributed by atoms with Gasteiger partial charge >= 0.3 is 5.97 Å². The molecular formula is C31H37N3O5S. The second-order valence-electron chi connectivity index (χ2n) is 10.7. The third-order valence-corrected chi connectivity index (χ3v) is 9.01. The molecule has 1 atom stereocenters. The number of aliphatic hydroxyl groups is 1. The van der Waals surface area contributed by atoms with Gasteiger partial charge < -0.3 is 19.7 Å². The molecular weight excluding hydrogens is 526 g/mol. The molecule has 0 spiro atoms. The molecule has 0 aliphatic carbocycles. The first kappa shape index (κ1) is 28.5. The molecule has 9 heteroatoms. The molecule has 0 radical (unpaired) electrons. The SMILES string of the molecule is COc1ccc2ncc(CN3CCOCC3)c(C(O)CCC3(C(=O)O)CCN(CC#Cc4cccs4)CC3)c2c1. The lowest BCUT2D eigenvalue weighted by molar-refractivity contribution is -0.153. The number of benzene rings is 1. The van der Waals surface area contributed by atoms with E-state index in [0.29, 0.717) is 70.8 Å². The Balaban J connectivity index is 1.31. The average Bonchev–Trinajstić information content (AvgIpc) is 3.50. The van der Waals surface area contributed by atoms with Gasteiger partial charge in [-0.1, -0.05) is 17.9 Å². The zero-order valence-electron chi connectivity index (χ0n) is 23.0. The van der Waals surface area contributed by atoms with Gasteiger partial charge in [-0.05, 0) is 66.5 Å². The molecule has 0 saturated carbocycles. The summed E-state index contributed by atoms with van der Waals surface area (Å²) in [6, 6.07) is 9.68. The minimum Gasteiger partial charge on any atom is -0.497 e. The van der Waals surface area contributed by atoms with Crippen molar-refractivity contribution in [2.45, 2.75) is 38.3 Å². The lowest BCUT2D eigenvalue weighted by Gasteiger charge is -2.38. The van der Waals surface area contributed by atoms with Gasteiger partial charge in [0.2, 0.25) is 0 Å². The highest BCUT2D eigenvalue weighted by Gasteiger charge is 2.41. The normalized spacial score (nSPS) is 18.6. The van der Waals surface area contributed by atoms with E-state index in [9.17, 15) is 15.0 Å². The van der Waals surface area contributed by atoms with Gasteiger partial charge in [0.15, 0.2) is 0 Å². The number of ether oxygens (including phenoxy) is 2. The number of hydrogen-bond donors (Lipinski definition) is 2. The number of nitrogens with zero attached hydrogens (tertiary/aromatic N) is 3. The lowest BCUT2D eigenvalue weighted by Crippen LogP contribution is -2.44. The molecule has 1 unspecified atom stereocenters. The third kappa shape index (κ3) is 6.65. The van der Waals surface area contributed by atoms with E-state index in [1.807, 2.05) is 41.9 Å². The van der Waals surface area contributed by atoms with E-state index in [0.717, 1.165) is 40.0 Å². The number of aromatic nitrogens is 1. The van der Waals surface area contributed by atoms with Crippen molar-refractivity contribution in [3.05, 3.63) is 57.9 Å². The van der Waals surface area contributed by atoms with Crippen molar-refractivity contribution in [3.63, 3.8) is 0 Å². The van der Waals surface area contributed by atoms with Crippen LogP contribution < -0.4 is 4.74 Å². The second kappa shape index (κ2) is 13.1. The number of rotatable bonds is 9. The van der Waals surface area contributed by atoms with E-state index in [4.69, 9.17) is 9.47 Å². The molecule has 0 amide bonds. The van der Waals surface area contributed by atoms with Crippen molar-refractivity contribution in [1.82, 2.24) is 14.8 Å². The number of pyridine rings is 1. The van der Waals surface area contributed by atoms with Crippen molar-refractivity contribution in [2.75, 3.05) is 53.0 Å². The van der Waals surface area contributed by atoms with E-state index in [1.54, 1.807) is 18.4 Å². The van der Waals surface area contributed by atoms with Gasteiger partial charge in [0.05, 0.1) is 48.8 Å². The van der Waals surface area contributed by atoms with Crippen molar-refractivity contribution < 1.29 is 24.5 Å². The van der Waals surface area contributed by atoms with E-state index in [2.05, 4.69) is 26.6 Å². The Morgan fingerprint density at radius 3 is 2.70 bits per heavy atom. The molecule has 2 N–H and O–H groups in total. The van der Waals surface area contributed by atoms with Crippen LogP contribution in [-0.4, -0.2) is 84.0 Å². The zero-order valence-corrected chi connectivity index (χ0v) is 23.8. The van der Waals surface area contributed by atoms with E-state index >= 15 is 0 Å². The maximum absolute atomic E-state index is 12.6. The Morgan fingerprint density at radius 1 is 1.20 bits per heavy atom. The summed E-state index contributed by atoms with van der Waals surface area (Å²) in [4.78, 5) is 22.8. The smallest absolute Gasteiger partial charge is 0.309 e. The molecule has 2 aliphatic rings. The zero-order chi connectivity index (χ0) is 28.0. The molecule has 4 heterocycles. The second-order valence-corrected chi connectivity index (χ2v) is 11.6. The Kier molecular flexibility index (Phi) is 9.35. The van der Waals surface area contributed by atoms with Gasteiger partial charge in [0.25, 0.3) is 0 Å². The van der Waals surface area contributed by atoms with Crippen LogP contribution in [0, 0.1) is 17.3 Å². The highest BCUT2D eigenvalue weighted by molar-refractivity contribution is 7.10. The number of likely N-dealkylation sites (tertiary alicyclic amines) is 1. The monoisotopic (exact) mass is 563 g/mol. The van der Waals surface area contributed by atoms with Crippen molar-refractivity contribution in [2.24, 2.45) is 5.41 Å². The summed E-state index contributed by atoms with van der Waals surface area (Å²) in [5.74, 6) is 6.32. The largest absolute Gasteiger partial charge is 0.497 e.